The minimum Gasteiger partial charge on any atom is -0.406 e. The van der Waals surface area contributed by atoms with E-state index in [1.807, 2.05) is 0 Å². The molecule has 2 heterocycles. The topological polar surface area (TPSA) is 50.5 Å². The van der Waals surface area contributed by atoms with Crippen LogP contribution in [0.5, 0.6) is 5.75 Å². The summed E-state index contributed by atoms with van der Waals surface area (Å²) in [5, 5.41) is 3.34. The average Bonchev–Trinajstić information content (AvgIpc) is 2.77. The molecule has 1 spiro atoms. The van der Waals surface area contributed by atoms with Crippen molar-refractivity contribution < 1.29 is 17.9 Å². The Balaban J connectivity index is 1.72. The van der Waals surface area contributed by atoms with Crippen molar-refractivity contribution in [2.24, 2.45) is 11.1 Å². The largest absolute Gasteiger partial charge is 0.573 e. The van der Waals surface area contributed by atoms with Crippen molar-refractivity contribution in [3.05, 3.63) is 24.3 Å². The molecule has 0 amide bonds. The molecule has 0 bridgehead atoms. The third-order valence-electron chi connectivity index (χ3n) is 4.82. The van der Waals surface area contributed by atoms with E-state index in [2.05, 4.69) is 15.0 Å². The van der Waals surface area contributed by atoms with Gasteiger partial charge in [0.15, 0.2) is 0 Å². The summed E-state index contributed by atoms with van der Waals surface area (Å²) in [6, 6.07) is 5.95. The number of hydrogen-bond acceptors (Lipinski definition) is 4. The number of rotatable bonds is 2. The normalized spacial score (nSPS) is 24.7. The number of ether oxygens (including phenoxy) is 1. The van der Waals surface area contributed by atoms with E-state index in [0.29, 0.717) is 0 Å². The zero-order chi connectivity index (χ0) is 15.8. The maximum absolute atomic E-state index is 12.2. The molecule has 3 rings (SSSR count). The van der Waals surface area contributed by atoms with E-state index in [1.165, 1.54) is 12.1 Å². The Bertz CT molecular complexity index is 512. The first-order valence-electron chi connectivity index (χ1n) is 7.48. The Kier molecular flexibility index (Phi) is 3.94. The number of nitrogens with one attached hydrogen (secondary N) is 1. The second-order valence-electron chi connectivity index (χ2n) is 6.04. The fraction of sp³-hybridized carbons (Fsp3) is 0.600. The molecule has 4 nitrogen and oxygen atoms in total. The Morgan fingerprint density at radius 3 is 2.36 bits per heavy atom. The van der Waals surface area contributed by atoms with Crippen LogP contribution in [0.4, 0.5) is 18.9 Å². The smallest absolute Gasteiger partial charge is 0.406 e. The first-order chi connectivity index (χ1) is 10.4. The Morgan fingerprint density at radius 1 is 1.14 bits per heavy atom. The quantitative estimate of drug-likeness (QED) is 0.880. The van der Waals surface area contributed by atoms with E-state index >= 15 is 0 Å². The highest BCUT2D eigenvalue weighted by Gasteiger charge is 2.45. The van der Waals surface area contributed by atoms with Gasteiger partial charge in [-0.3, -0.25) is 0 Å². The van der Waals surface area contributed by atoms with Crippen molar-refractivity contribution in [3.63, 3.8) is 0 Å². The van der Waals surface area contributed by atoms with E-state index in [-0.39, 0.29) is 17.3 Å². The maximum Gasteiger partial charge on any atom is 0.573 e. The summed E-state index contributed by atoms with van der Waals surface area (Å²) in [5.74, 6) is -0.208. The van der Waals surface area contributed by atoms with Crippen LogP contribution in [0.2, 0.25) is 0 Å². The van der Waals surface area contributed by atoms with E-state index in [0.717, 1.165) is 44.6 Å². The van der Waals surface area contributed by atoms with Gasteiger partial charge in [0, 0.05) is 17.6 Å². The van der Waals surface area contributed by atoms with Crippen molar-refractivity contribution >= 4 is 5.69 Å². The lowest BCUT2D eigenvalue weighted by Gasteiger charge is -2.39. The predicted molar refractivity (Wildman–Crippen MR) is 77.6 cm³/mol. The average molecular weight is 315 g/mol. The molecule has 1 aromatic rings. The van der Waals surface area contributed by atoms with Crippen molar-refractivity contribution in [1.82, 2.24) is 5.32 Å². The molecule has 7 heteroatoms. The van der Waals surface area contributed by atoms with Crippen molar-refractivity contribution in [3.8, 4) is 5.75 Å². The van der Waals surface area contributed by atoms with Gasteiger partial charge < -0.3 is 20.7 Å². The number of piperidine rings is 1. The summed E-state index contributed by atoms with van der Waals surface area (Å²) >= 11 is 0. The molecule has 2 saturated heterocycles. The molecule has 2 fully saturated rings. The maximum atomic E-state index is 12.2. The van der Waals surface area contributed by atoms with E-state index in [1.54, 1.807) is 12.1 Å². The number of halogens is 3. The van der Waals surface area contributed by atoms with Crippen LogP contribution in [0.1, 0.15) is 19.3 Å². The molecule has 22 heavy (non-hydrogen) atoms. The Hall–Kier alpha value is -1.47. The first kappa shape index (κ1) is 15.4. The fourth-order valence-corrected chi connectivity index (χ4v) is 3.56. The number of nitrogens with zero attached hydrogens (tertiary/aromatic N) is 1. The molecule has 1 atom stereocenters. The van der Waals surface area contributed by atoms with E-state index in [4.69, 9.17) is 5.73 Å². The van der Waals surface area contributed by atoms with E-state index in [9.17, 15) is 13.2 Å². The summed E-state index contributed by atoms with van der Waals surface area (Å²) in [6.45, 7) is 2.78. The number of anilines is 1. The molecule has 0 saturated carbocycles. The summed E-state index contributed by atoms with van der Waals surface area (Å²) in [5.41, 5.74) is 7.41. The summed E-state index contributed by atoms with van der Waals surface area (Å²) < 4.78 is 40.5. The molecule has 0 radical (unpaired) electrons. The van der Waals surface area contributed by atoms with Crippen LogP contribution in [-0.2, 0) is 0 Å². The van der Waals surface area contributed by atoms with Gasteiger partial charge in [-0.15, -0.1) is 13.2 Å². The van der Waals surface area contributed by atoms with Gasteiger partial charge >= 0.3 is 6.36 Å². The summed E-state index contributed by atoms with van der Waals surface area (Å²) in [7, 11) is 0. The van der Waals surface area contributed by atoms with Gasteiger partial charge in [-0.05, 0) is 56.6 Å². The first-order valence-corrected chi connectivity index (χ1v) is 7.48. The zero-order valence-electron chi connectivity index (χ0n) is 12.2. The van der Waals surface area contributed by atoms with Crippen LogP contribution in [0.3, 0.4) is 0 Å². The number of hydrogen-bond donors (Lipinski definition) is 2. The zero-order valence-corrected chi connectivity index (χ0v) is 12.2. The molecule has 0 aliphatic carbocycles. The van der Waals surface area contributed by atoms with Crippen LogP contribution < -0.4 is 20.7 Å². The highest BCUT2D eigenvalue weighted by Crippen LogP contribution is 2.43. The molecular formula is C15H20F3N3O. The van der Waals surface area contributed by atoms with Crippen molar-refractivity contribution in [1.29, 1.82) is 0 Å². The third-order valence-corrected chi connectivity index (χ3v) is 4.82. The number of nitrogens with two attached hydrogens (primary N) is 1. The van der Waals surface area contributed by atoms with Gasteiger partial charge in [-0.2, -0.15) is 0 Å². The minimum atomic E-state index is -4.66. The summed E-state index contributed by atoms with van der Waals surface area (Å²) in [6.07, 6.45) is -1.65. The van der Waals surface area contributed by atoms with E-state index < -0.39 is 6.36 Å². The Morgan fingerprint density at radius 2 is 1.77 bits per heavy atom. The lowest BCUT2D eigenvalue weighted by molar-refractivity contribution is -0.274. The van der Waals surface area contributed by atoms with Gasteiger partial charge in [0.1, 0.15) is 5.75 Å². The molecular weight excluding hydrogens is 295 g/mol. The molecule has 1 aromatic carbocycles. The third kappa shape index (κ3) is 3.01. The highest BCUT2D eigenvalue weighted by atomic mass is 19.4. The SMILES string of the molecule is NC1N(c2ccc(OC(F)(F)F)cc2)CCC12CCNCC2. The molecule has 1 unspecified atom stereocenters. The van der Waals surface area contributed by atoms with Crippen molar-refractivity contribution in [2.45, 2.75) is 31.8 Å². The van der Waals surface area contributed by atoms with Gasteiger partial charge in [-0.1, -0.05) is 0 Å². The van der Waals surface area contributed by atoms with Crippen LogP contribution in [0, 0.1) is 5.41 Å². The number of alkyl halides is 3. The van der Waals surface area contributed by atoms with Crippen LogP contribution >= 0.6 is 0 Å². The van der Waals surface area contributed by atoms with Crippen LogP contribution in [0.25, 0.3) is 0 Å². The molecule has 2 aliphatic rings. The standard InChI is InChI=1S/C15H20F3N3O/c16-15(17,18)22-12-3-1-11(2-4-12)21-10-7-14(13(21)19)5-8-20-9-6-14/h1-4,13,20H,5-10,19H2. The molecule has 2 aliphatic heterocycles. The van der Waals surface area contributed by atoms with Crippen LogP contribution in [0.15, 0.2) is 24.3 Å². The lowest BCUT2D eigenvalue weighted by atomic mass is 9.76. The predicted octanol–water partition coefficient (Wildman–Crippen LogP) is 2.45. The molecule has 3 N–H and O–H groups in total. The summed E-state index contributed by atoms with van der Waals surface area (Å²) in [4.78, 5) is 2.09. The number of benzene rings is 1. The highest BCUT2D eigenvalue weighted by molar-refractivity contribution is 5.51. The molecule has 122 valence electrons. The Labute approximate surface area is 127 Å². The van der Waals surface area contributed by atoms with Gasteiger partial charge in [0.25, 0.3) is 0 Å². The van der Waals surface area contributed by atoms with Gasteiger partial charge in [-0.25, -0.2) is 0 Å². The fourth-order valence-electron chi connectivity index (χ4n) is 3.56. The minimum absolute atomic E-state index is 0.0935. The monoisotopic (exact) mass is 315 g/mol. The van der Waals surface area contributed by atoms with Gasteiger partial charge in [0.2, 0.25) is 0 Å². The van der Waals surface area contributed by atoms with Crippen LogP contribution in [-0.4, -0.2) is 32.2 Å². The van der Waals surface area contributed by atoms with Gasteiger partial charge in [0.05, 0.1) is 6.17 Å². The second-order valence-corrected chi connectivity index (χ2v) is 6.04. The second kappa shape index (κ2) is 5.62. The lowest BCUT2D eigenvalue weighted by Crippen LogP contribution is -2.51. The molecule has 0 aromatic heterocycles. The van der Waals surface area contributed by atoms with Crippen molar-refractivity contribution in [2.75, 3.05) is 24.5 Å².